The van der Waals surface area contributed by atoms with E-state index < -0.39 is 5.91 Å². The van der Waals surface area contributed by atoms with Gasteiger partial charge in [0, 0.05) is 30.9 Å². The first-order chi connectivity index (χ1) is 10.2. The minimum atomic E-state index is -0.407. The molecule has 0 saturated heterocycles. The fourth-order valence-electron chi connectivity index (χ4n) is 2.13. The third-order valence-electron chi connectivity index (χ3n) is 3.19. The van der Waals surface area contributed by atoms with Gasteiger partial charge in [0.1, 0.15) is 0 Å². The lowest BCUT2D eigenvalue weighted by atomic mass is 10.1. The average Bonchev–Trinajstić information content (AvgIpc) is 2.52. The van der Waals surface area contributed by atoms with Crippen LogP contribution >= 0.6 is 0 Å². The molecule has 0 bridgehead atoms. The van der Waals surface area contributed by atoms with Gasteiger partial charge in [0.15, 0.2) is 0 Å². The third kappa shape index (κ3) is 2.38. The zero-order valence-corrected chi connectivity index (χ0v) is 11.3. The highest BCUT2D eigenvalue weighted by Crippen LogP contribution is 2.17. The molecular weight excluding hydrogens is 268 g/mol. The van der Waals surface area contributed by atoms with Crippen LogP contribution in [0.2, 0.25) is 0 Å². The first kappa shape index (κ1) is 13.0. The van der Waals surface area contributed by atoms with Crippen molar-refractivity contribution in [3.63, 3.8) is 0 Å². The number of carbonyl (C=O) groups excluding carboxylic acids is 1. The Morgan fingerprint density at radius 1 is 1.14 bits per heavy atom. The number of benzene rings is 1. The number of para-hydroxylation sites is 1. The number of nitrogens with zero attached hydrogens (tertiary/aromatic N) is 3. The third-order valence-corrected chi connectivity index (χ3v) is 3.19. The lowest BCUT2D eigenvalue weighted by molar-refractivity contribution is 0.102. The van der Waals surface area contributed by atoms with E-state index in [-0.39, 0.29) is 11.5 Å². The maximum atomic E-state index is 12.4. The van der Waals surface area contributed by atoms with Gasteiger partial charge >= 0.3 is 0 Å². The second-order valence-corrected chi connectivity index (χ2v) is 4.50. The molecule has 6 nitrogen and oxygen atoms in total. The molecule has 6 heteroatoms. The summed E-state index contributed by atoms with van der Waals surface area (Å²) in [5.41, 5.74) is 0.762. The van der Waals surface area contributed by atoms with Crippen LogP contribution in [0.15, 0.2) is 53.6 Å². The van der Waals surface area contributed by atoms with Crippen molar-refractivity contribution >= 4 is 22.8 Å². The van der Waals surface area contributed by atoms with Gasteiger partial charge in [-0.05, 0) is 12.1 Å². The summed E-state index contributed by atoms with van der Waals surface area (Å²) in [7, 11) is 1.67. The summed E-state index contributed by atoms with van der Waals surface area (Å²) in [5.74, 6) is -0.206. The van der Waals surface area contributed by atoms with Crippen molar-refractivity contribution in [1.29, 1.82) is 0 Å². The average molecular weight is 280 g/mol. The number of hydrogen-bond donors (Lipinski definition) is 1. The molecule has 104 valence electrons. The van der Waals surface area contributed by atoms with Crippen molar-refractivity contribution < 1.29 is 4.79 Å². The second kappa shape index (κ2) is 5.16. The van der Waals surface area contributed by atoms with E-state index in [1.54, 1.807) is 25.2 Å². The SMILES string of the molecule is Cn1c(=O)cc(C(=O)Nc2ncccn2)c2ccccc21. The highest BCUT2D eigenvalue weighted by atomic mass is 16.2. The van der Waals surface area contributed by atoms with Crippen LogP contribution in [0.4, 0.5) is 5.95 Å². The van der Waals surface area contributed by atoms with E-state index in [1.807, 2.05) is 12.1 Å². The lowest BCUT2D eigenvalue weighted by Crippen LogP contribution is -2.22. The van der Waals surface area contributed by atoms with E-state index in [9.17, 15) is 9.59 Å². The van der Waals surface area contributed by atoms with Crippen molar-refractivity contribution in [1.82, 2.24) is 14.5 Å². The number of pyridine rings is 1. The monoisotopic (exact) mass is 280 g/mol. The van der Waals surface area contributed by atoms with E-state index in [0.717, 1.165) is 0 Å². The predicted octanol–water partition coefficient (Wildman–Crippen LogP) is 1.58. The van der Waals surface area contributed by atoms with Crippen molar-refractivity contribution in [3.05, 3.63) is 64.7 Å². The largest absolute Gasteiger partial charge is 0.311 e. The van der Waals surface area contributed by atoms with Crippen LogP contribution in [0.5, 0.6) is 0 Å². The number of carbonyl (C=O) groups is 1. The molecule has 0 aliphatic heterocycles. The van der Waals surface area contributed by atoms with Crippen LogP contribution in [0.1, 0.15) is 10.4 Å². The molecule has 3 rings (SSSR count). The molecule has 1 N–H and O–H groups in total. The molecule has 0 fully saturated rings. The molecule has 0 saturated carbocycles. The fourth-order valence-corrected chi connectivity index (χ4v) is 2.13. The van der Waals surface area contributed by atoms with E-state index in [0.29, 0.717) is 16.5 Å². The number of fused-ring (bicyclic) bond motifs is 1. The van der Waals surface area contributed by atoms with E-state index in [4.69, 9.17) is 0 Å². The molecule has 2 heterocycles. The number of amides is 1. The number of hydrogen-bond acceptors (Lipinski definition) is 4. The lowest BCUT2D eigenvalue weighted by Gasteiger charge is -2.09. The maximum Gasteiger partial charge on any atom is 0.258 e. The van der Waals surface area contributed by atoms with Crippen LogP contribution in [0.25, 0.3) is 10.9 Å². The van der Waals surface area contributed by atoms with E-state index >= 15 is 0 Å². The Morgan fingerprint density at radius 2 is 1.86 bits per heavy atom. The Balaban J connectivity index is 2.10. The minimum absolute atomic E-state index is 0.201. The number of aryl methyl sites for hydroxylation is 1. The molecule has 1 amide bonds. The predicted molar refractivity (Wildman–Crippen MR) is 79.2 cm³/mol. The molecule has 2 aromatic heterocycles. The molecule has 1 aromatic carbocycles. The van der Waals surface area contributed by atoms with Gasteiger partial charge in [-0.3, -0.25) is 14.9 Å². The van der Waals surface area contributed by atoms with E-state index in [1.165, 1.54) is 23.0 Å². The molecule has 21 heavy (non-hydrogen) atoms. The zero-order valence-electron chi connectivity index (χ0n) is 11.3. The van der Waals surface area contributed by atoms with Gasteiger partial charge < -0.3 is 4.57 Å². The van der Waals surface area contributed by atoms with Crippen LogP contribution in [0.3, 0.4) is 0 Å². The minimum Gasteiger partial charge on any atom is -0.311 e. The van der Waals surface area contributed by atoms with Crippen molar-refractivity contribution in [2.24, 2.45) is 7.05 Å². The highest BCUT2D eigenvalue weighted by molar-refractivity contribution is 6.11. The van der Waals surface area contributed by atoms with Crippen LogP contribution in [-0.2, 0) is 7.05 Å². The Hall–Kier alpha value is -3.02. The summed E-state index contributed by atoms with van der Waals surface area (Å²) in [6.07, 6.45) is 3.06. The van der Waals surface area contributed by atoms with Gasteiger partial charge in [0.05, 0.1) is 11.1 Å². The first-order valence-corrected chi connectivity index (χ1v) is 6.34. The molecule has 3 aromatic rings. The Bertz CT molecular complexity index is 872. The van der Waals surface area contributed by atoms with Crippen LogP contribution in [0, 0.1) is 0 Å². The summed E-state index contributed by atoms with van der Waals surface area (Å²) in [6, 6.07) is 10.2. The summed E-state index contributed by atoms with van der Waals surface area (Å²) in [6.45, 7) is 0. The number of nitrogens with one attached hydrogen (secondary N) is 1. The van der Waals surface area contributed by atoms with Crippen molar-refractivity contribution in [2.75, 3.05) is 5.32 Å². The quantitative estimate of drug-likeness (QED) is 0.773. The normalized spacial score (nSPS) is 10.5. The van der Waals surface area contributed by atoms with Gasteiger partial charge in [0.2, 0.25) is 5.95 Å². The molecule has 0 atom stereocenters. The van der Waals surface area contributed by atoms with Crippen LogP contribution in [-0.4, -0.2) is 20.4 Å². The number of aromatic nitrogens is 3. The zero-order chi connectivity index (χ0) is 14.8. The van der Waals surface area contributed by atoms with Gasteiger partial charge in [-0.25, -0.2) is 9.97 Å². The van der Waals surface area contributed by atoms with Gasteiger partial charge in [-0.2, -0.15) is 0 Å². The Morgan fingerprint density at radius 3 is 2.62 bits per heavy atom. The summed E-state index contributed by atoms with van der Waals surface area (Å²) in [5, 5.41) is 3.29. The summed E-state index contributed by atoms with van der Waals surface area (Å²) in [4.78, 5) is 32.2. The molecule has 0 spiro atoms. The van der Waals surface area contributed by atoms with Gasteiger partial charge in [-0.1, -0.05) is 18.2 Å². The van der Waals surface area contributed by atoms with Gasteiger partial charge in [-0.15, -0.1) is 0 Å². The van der Waals surface area contributed by atoms with Gasteiger partial charge in [0.25, 0.3) is 11.5 Å². The second-order valence-electron chi connectivity index (χ2n) is 4.50. The molecule has 0 aliphatic carbocycles. The Labute approximate surface area is 120 Å². The molecule has 0 radical (unpaired) electrons. The van der Waals surface area contributed by atoms with Crippen molar-refractivity contribution in [3.8, 4) is 0 Å². The van der Waals surface area contributed by atoms with Crippen molar-refractivity contribution in [2.45, 2.75) is 0 Å². The molecule has 0 aliphatic rings. The Kier molecular flexibility index (Phi) is 3.19. The fraction of sp³-hybridized carbons (Fsp3) is 0.0667. The van der Waals surface area contributed by atoms with Crippen LogP contribution < -0.4 is 10.9 Å². The standard InChI is InChI=1S/C15H12N4O2/c1-19-12-6-3-2-5-10(12)11(9-13(19)20)14(21)18-15-16-7-4-8-17-15/h2-9H,1H3,(H,16,17,18,21). The summed E-state index contributed by atoms with van der Waals surface area (Å²) >= 11 is 0. The first-order valence-electron chi connectivity index (χ1n) is 6.34. The topological polar surface area (TPSA) is 76.9 Å². The maximum absolute atomic E-state index is 12.4. The molecular formula is C15H12N4O2. The molecule has 0 unspecified atom stereocenters. The van der Waals surface area contributed by atoms with E-state index in [2.05, 4.69) is 15.3 Å². The summed E-state index contributed by atoms with van der Waals surface area (Å²) < 4.78 is 1.51. The highest BCUT2D eigenvalue weighted by Gasteiger charge is 2.14. The number of anilines is 1. The smallest absolute Gasteiger partial charge is 0.258 e. The number of rotatable bonds is 2.